The highest BCUT2D eigenvalue weighted by Gasteiger charge is 2.22. The van der Waals surface area contributed by atoms with Crippen LogP contribution in [-0.4, -0.2) is 19.9 Å². The molecule has 7 nitrogen and oxygen atoms in total. The van der Waals surface area contributed by atoms with Crippen molar-refractivity contribution in [2.24, 2.45) is 0 Å². The van der Waals surface area contributed by atoms with Gasteiger partial charge in [-0.2, -0.15) is 5.26 Å². The highest BCUT2D eigenvalue weighted by Crippen LogP contribution is 2.34. The molecule has 2 N–H and O–H groups in total. The molecule has 0 radical (unpaired) electrons. The van der Waals surface area contributed by atoms with Gasteiger partial charge in [0.05, 0.1) is 17.1 Å². The van der Waals surface area contributed by atoms with E-state index < -0.39 is 0 Å². The Balaban J connectivity index is 2.41. The van der Waals surface area contributed by atoms with Gasteiger partial charge < -0.3 is 10.3 Å². The van der Waals surface area contributed by atoms with Crippen molar-refractivity contribution >= 4 is 84.6 Å². The van der Waals surface area contributed by atoms with Crippen LogP contribution >= 0.6 is 67.8 Å². The normalized spacial score (nSPS) is 11.1. The molecule has 0 bridgehead atoms. The Kier molecular flexibility index (Phi) is 5.80. The smallest absolute Gasteiger partial charge is 0.199 e. The molecule has 2 heterocycles. The average Bonchev–Trinajstić information content (AvgIpc) is 3.16. The molecule has 0 aliphatic carbocycles. The number of alkyl halides is 3. The van der Waals surface area contributed by atoms with Gasteiger partial charge in [-0.25, -0.2) is 9.61 Å². The third kappa shape index (κ3) is 2.98. The Morgan fingerprint density at radius 2 is 1.92 bits per heavy atom. The number of benzene rings is 1. The Labute approximate surface area is 178 Å². The third-order valence-electron chi connectivity index (χ3n) is 3.72. The second kappa shape index (κ2) is 7.68. The lowest BCUT2D eigenvalue weighted by molar-refractivity contribution is 0.310. The van der Waals surface area contributed by atoms with Crippen LogP contribution in [0.15, 0.2) is 10.7 Å². The Hall–Kier alpha value is -0.690. The number of aromatic nitrogens is 4. The Bertz CT molecular complexity index is 942. The number of halogens is 3. The summed E-state index contributed by atoms with van der Waals surface area (Å²) in [6.45, 7) is 0.156. The van der Waals surface area contributed by atoms with Crippen LogP contribution in [0.2, 0.25) is 0 Å². The zero-order valence-corrected chi connectivity index (χ0v) is 18.7. The van der Waals surface area contributed by atoms with E-state index in [1.807, 2.05) is 4.57 Å². The lowest BCUT2D eigenvalue weighted by atomic mass is 10.0. The van der Waals surface area contributed by atoms with E-state index in [0.29, 0.717) is 11.5 Å². The second-order valence-electron chi connectivity index (χ2n) is 4.94. The van der Waals surface area contributed by atoms with Crippen LogP contribution in [0.5, 0.6) is 0 Å². The van der Waals surface area contributed by atoms with E-state index in [9.17, 15) is 5.26 Å². The number of hydrogen-bond acceptors (Lipinski definition) is 6. The van der Waals surface area contributed by atoms with Gasteiger partial charge in [0.2, 0.25) is 0 Å². The van der Waals surface area contributed by atoms with E-state index >= 15 is 0 Å². The quantitative estimate of drug-likeness (QED) is 0.328. The fourth-order valence-electron chi connectivity index (χ4n) is 2.61. The van der Waals surface area contributed by atoms with E-state index in [0.717, 1.165) is 24.3 Å². The summed E-state index contributed by atoms with van der Waals surface area (Å²) < 4.78 is 9.19. The minimum atomic E-state index is 0.156. The monoisotopic (exact) mass is 660 g/mol. The summed E-state index contributed by atoms with van der Waals surface area (Å²) in [7, 11) is 0. The highest BCUT2D eigenvalue weighted by atomic mass is 127. The molecule has 124 valence electrons. The average molecular weight is 660 g/mol. The molecule has 0 fully saturated rings. The van der Waals surface area contributed by atoms with Crippen molar-refractivity contribution in [3.05, 3.63) is 22.8 Å². The molecule has 3 aromatic rings. The summed E-state index contributed by atoms with van der Waals surface area (Å²) >= 11 is 7.10. The minimum Gasteiger partial charge on any atom is -0.379 e. The van der Waals surface area contributed by atoms with Crippen LogP contribution in [0.25, 0.3) is 22.6 Å². The zero-order valence-electron chi connectivity index (χ0n) is 12.3. The highest BCUT2D eigenvalue weighted by molar-refractivity contribution is 14.1. The SMILES string of the molecule is N#CCn1c(-c2nonc2N)nc2c(CI)c(CI)c(CI)cc21. The fourth-order valence-corrected chi connectivity index (χ4v) is 5.07. The number of imidazole rings is 1. The maximum absolute atomic E-state index is 9.25. The minimum absolute atomic E-state index is 0.156. The van der Waals surface area contributed by atoms with Gasteiger partial charge in [-0.05, 0) is 33.1 Å². The van der Waals surface area contributed by atoms with Gasteiger partial charge in [0, 0.05) is 13.3 Å². The Morgan fingerprint density at radius 3 is 2.46 bits per heavy atom. The molecule has 0 saturated carbocycles. The number of nitrogens with two attached hydrogens (primary N) is 1. The number of anilines is 1. The van der Waals surface area contributed by atoms with E-state index in [1.165, 1.54) is 16.7 Å². The number of rotatable bonds is 5. The van der Waals surface area contributed by atoms with Crippen molar-refractivity contribution in [3.8, 4) is 17.6 Å². The number of nitrogens with zero attached hydrogens (tertiary/aromatic N) is 5. The molecule has 0 amide bonds. The zero-order chi connectivity index (χ0) is 17.3. The first-order chi connectivity index (χ1) is 11.7. The summed E-state index contributed by atoms with van der Waals surface area (Å²) in [4.78, 5) is 4.75. The van der Waals surface area contributed by atoms with Crippen LogP contribution in [-0.2, 0) is 19.8 Å². The summed E-state index contributed by atoms with van der Waals surface area (Å²) in [5.74, 6) is 0.685. The Morgan fingerprint density at radius 1 is 1.17 bits per heavy atom. The van der Waals surface area contributed by atoms with Crippen LogP contribution in [0, 0.1) is 11.3 Å². The molecule has 24 heavy (non-hydrogen) atoms. The number of fused-ring (bicyclic) bond motifs is 1. The summed E-state index contributed by atoms with van der Waals surface area (Å²) in [6, 6.07) is 4.30. The van der Waals surface area contributed by atoms with Crippen LogP contribution in [0.1, 0.15) is 16.7 Å². The van der Waals surface area contributed by atoms with Crippen molar-refractivity contribution in [2.45, 2.75) is 19.8 Å². The molecule has 3 rings (SSSR count). The maximum Gasteiger partial charge on any atom is 0.199 e. The molecular weight excluding hydrogens is 649 g/mol. The topological polar surface area (TPSA) is 107 Å². The van der Waals surface area contributed by atoms with Crippen LogP contribution < -0.4 is 5.73 Å². The largest absolute Gasteiger partial charge is 0.379 e. The van der Waals surface area contributed by atoms with Crippen molar-refractivity contribution in [1.29, 1.82) is 5.26 Å². The van der Waals surface area contributed by atoms with Crippen molar-refractivity contribution in [3.63, 3.8) is 0 Å². The molecule has 0 unspecified atom stereocenters. The summed E-state index contributed by atoms with van der Waals surface area (Å²) in [5, 5.41) is 16.7. The van der Waals surface area contributed by atoms with Crippen molar-refractivity contribution in [2.75, 3.05) is 5.73 Å². The molecular formula is C14H11I3N6O. The van der Waals surface area contributed by atoms with Gasteiger partial charge in [-0.3, -0.25) is 0 Å². The molecule has 0 aliphatic rings. The molecule has 2 aromatic heterocycles. The first kappa shape index (κ1) is 18.1. The molecule has 10 heteroatoms. The fraction of sp³-hybridized carbons (Fsp3) is 0.286. The number of nitriles is 1. The van der Waals surface area contributed by atoms with Crippen LogP contribution in [0.3, 0.4) is 0 Å². The van der Waals surface area contributed by atoms with Gasteiger partial charge in [0.1, 0.15) is 6.54 Å². The first-order valence-corrected chi connectivity index (χ1v) is 11.4. The first-order valence-electron chi connectivity index (χ1n) is 6.83. The van der Waals surface area contributed by atoms with Crippen molar-refractivity contribution < 1.29 is 4.63 Å². The number of nitrogen functional groups attached to an aromatic ring is 1. The predicted octanol–water partition coefficient (Wildman–Crippen LogP) is 4.00. The summed E-state index contributed by atoms with van der Waals surface area (Å²) in [5.41, 5.74) is 11.8. The van der Waals surface area contributed by atoms with E-state index in [2.05, 4.69) is 90.2 Å². The lowest BCUT2D eigenvalue weighted by Gasteiger charge is -2.11. The third-order valence-corrected chi connectivity index (χ3v) is 6.07. The van der Waals surface area contributed by atoms with Gasteiger partial charge in [-0.1, -0.05) is 67.8 Å². The van der Waals surface area contributed by atoms with E-state index in [4.69, 9.17) is 15.3 Å². The molecule has 1 aromatic carbocycles. The van der Waals surface area contributed by atoms with Gasteiger partial charge in [0.25, 0.3) is 0 Å². The second-order valence-corrected chi connectivity index (χ2v) is 7.23. The molecule has 0 spiro atoms. The molecule has 0 saturated heterocycles. The predicted molar refractivity (Wildman–Crippen MR) is 116 cm³/mol. The van der Waals surface area contributed by atoms with E-state index in [-0.39, 0.29) is 12.4 Å². The van der Waals surface area contributed by atoms with Gasteiger partial charge in [0.15, 0.2) is 17.3 Å². The number of hydrogen-bond donors (Lipinski definition) is 1. The van der Waals surface area contributed by atoms with Crippen LogP contribution in [0.4, 0.5) is 5.82 Å². The maximum atomic E-state index is 9.25. The van der Waals surface area contributed by atoms with Gasteiger partial charge in [-0.15, -0.1) is 0 Å². The lowest BCUT2D eigenvalue weighted by Crippen LogP contribution is -2.02. The standard InChI is InChI=1S/C14H11I3N6O/c15-4-7-3-10-11(9(6-17)8(7)5-16)20-14(23(10)2-1-18)12-13(19)22-24-21-12/h3H,2,4-6H2,(H2,19,22). The van der Waals surface area contributed by atoms with Crippen molar-refractivity contribution in [1.82, 2.24) is 19.9 Å². The molecule has 0 aliphatic heterocycles. The molecule has 0 atom stereocenters. The van der Waals surface area contributed by atoms with E-state index in [1.54, 1.807) is 0 Å². The van der Waals surface area contributed by atoms with Gasteiger partial charge >= 0.3 is 0 Å². The summed E-state index contributed by atoms with van der Waals surface area (Å²) in [6.07, 6.45) is 0.